The van der Waals surface area contributed by atoms with E-state index in [4.69, 9.17) is 0 Å². The molecule has 26 heavy (non-hydrogen) atoms. The van der Waals surface area contributed by atoms with Gasteiger partial charge in [-0.3, -0.25) is 14.3 Å². The van der Waals surface area contributed by atoms with Crippen LogP contribution >= 0.6 is 0 Å². The third-order valence-electron chi connectivity index (χ3n) is 4.85. The van der Waals surface area contributed by atoms with Gasteiger partial charge in [0.15, 0.2) is 0 Å². The molecule has 1 saturated carbocycles. The molecular weight excluding hydrogens is 354 g/mol. The highest BCUT2D eigenvalue weighted by Gasteiger charge is 2.35. The minimum absolute atomic E-state index is 0.0262. The number of carbonyl (C=O) groups is 2. The fourth-order valence-corrected chi connectivity index (χ4v) is 3.71. The minimum Gasteiger partial charge on any atom is -0.349 e. The first-order valence-electron chi connectivity index (χ1n) is 9.08. The summed E-state index contributed by atoms with van der Waals surface area (Å²) in [6.45, 7) is 2.91. The molecule has 0 bridgehead atoms. The second kappa shape index (κ2) is 7.65. The second-order valence-electron chi connectivity index (χ2n) is 6.93. The van der Waals surface area contributed by atoms with Crippen molar-refractivity contribution in [2.45, 2.75) is 38.6 Å². The van der Waals surface area contributed by atoms with E-state index >= 15 is 0 Å². The highest BCUT2D eigenvalue weighted by atomic mass is 32.2. The van der Waals surface area contributed by atoms with Crippen LogP contribution in [0.15, 0.2) is 24.3 Å². The number of likely N-dealkylation sites (tertiary alicyclic amines) is 1. The fraction of sp³-hybridized carbons (Fsp3) is 0.556. The van der Waals surface area contributed by atoms with Crippen LogP contribution in [0, 0.1) is 5.92 Å². The number of sulfonamides is 1. The van der Waals surface area contributed by atoms with Crippen LogP contribution in [0.1, 0.15) is 43.0 Å². The standard InChI is InChI=1S/C18H25N3O4S/c1-2-26(24,25)20-16-5-3-4-14(12-16)17(22)19-15-8-10-21(11-9-15)18(23)13-6-7-13/h3-5,12-13,15,20H,2,6-11H2,1H3,(H,19,22). The Morgan fingerprint density at radius 2 is 1.85 bits per heavy atom. The molecule has 1 aromatic carbocycles. The van der Waals surface area contributed by atoms with Crippen molar-refractivity contribution in [2.24, 2.45) is 5.92 Å². The lowest BCUT2D eigenvalue weighted by Gasteiger charge is -2.32. The van der Waals surface area contributed by atoms with E-state index in [2.05, 4.69) is 10.0 Å². The number of rotatable bonds is 6. The molecule has 1 aromatic rings. The molecule has 8 heteroatoms. The summed E-state index contributed by atoms with van der Waals surface area (Å²) in [5.74, 6) is 0.234. The van der Waals surface area contributed by atoms with Crippen LogP contribution in [0.5, 0.6) is 0 Å². The van der Waals surface area contributed by atoms with Crippen molar-refractivity contribution < 1.29 is 18.0 Å². The molecule has 7 nitrogen and oxygen atoms in total. The maximum Gasteiger partial charge on any atom is 0.251 e. The summed E-state index contributed by atoms with van der Waals surface area (Å²) in [5, 5.41) is 2.99. The Balaban J connectivity index is 1.54. The van der Waals surface area contributed by atoms with Crippen molar-refractivity contribution in [3.63, 3.8) is 0 Å². The summed E-state index contributed by atoms with van der Waals surface area (Å²) in [7, 11) is -3.38. The number of hydrogen-bond acceptors (Lipinski definition) is 4. The topological polar surface area (TPSA) is 95.6 Å². The van der Waals surface area contributed by atoms with Crippen LogP contribution < -0.4 is 10.0 Å². The van der Waals surface area contributed by atoms with Gasteiger partial charge in [-0.25, -0.2) is 8.42 Å². The lowest BCUT2D eigenvalue weighted by atomic mass is 10.0. The number of piperidine rings is 1. The van der Waals surface area contributed by atoms with E-state index in [0.29, 0.717) is 24.3 Å². The fourth-order valence-electron chi connectivity index (χ4n) is 3.08. The van der Waals surface area contributed by atoms with Gasteiger partial charge in [-0.15, -0.1) is 0 Å². The summed E-state index contributed by atoms with van der Waals surface area (Å²) in [4.78, 5) is 26.4. The van der Waals surface area contributed by atoms with Gasteiger partial charge in [-0.05, 0) is 50.8 Å². The molecule has 3 rings (SSSR count). The van der Waals surface area contributed by atoms with Crippen molar-refractivity contribution in [1.82, 2.24) is 10.2 Å². The molecule has 0 radical (unpaired) electrons. The molecule has 2 N–H and O–H groups in total. The first-order valence-corrected chi connectivity index (χ1v) is 10.7. The van der Waals surface area contributed by atoms with Crippen molar-refractivity contribution >= 4 is 27.5 Å². The normalized spacial score (nSPS) is 18.4. The van der Waals surface area contributed by atoms with E-state index in [1.165, 1.54) is 6.07 Å². The quantitative estimate of drug-likeness (QED) is 0.784. The van der Waals surface area contributed by atoms with E-state index in [1.54, 1.807) is 25.1 Å². The maximum atomic E-state index is 12.5. The van der Waals surface area contributed by atoms with E-state index in [0.717, 1.165) is 25.7 Å². The lowest BCUT2D eigenvalue weighted by molar-refractivity contribution is -0.133. The third-order valence-corrected chi connectivity index (χ3v) is 6.15. The predicted molar refractivity (Wildman–Crippen MR) is 99.3 cm³/mol. The van der Waals surface area contributed by atoms with E-state index < -0.39 is 10.0 Å². The number of carbonyl (C=O) groups excluding carboxylic acids is 2. The molecule has 1 heterocycles. The van der Waals surface area contributed by atoms with E-state index in [1.807, 2.05) is 4.90 Å². The number of anilines is 1. The first-order chi connectivity index (χ1) is 12.4. The van der Waals surface area contributed by atoms with Crippen LogP contribution in [0.2, 0.25) is 0 Å². The van der Waals surface area contributed by atoms with Crippen molar-refractivity contribution in [1.29, 1.82) is 0 Å². The summed E-state index contributed by atoms with van der Waals surface area (Å²) in [6, 6.07) is 6.49. The smallest absolute Gasteiger partial charge is 0.251 e. The highest BCUT2D eigenvalue weighted by Crippen LogP contribution is 2.31. The summed E-state index contributed by atoms with van der Waals surface area (Å²) in [6.07, 6.45) is 3.50. The van der Waals surface area contributed by atoms with Gasteiger partial charge in [-0.1, -0.05) is 6.07 Å². The third kappa shape index (κ3) is 4.75. The molecule has 2 amide bonds. The highest BCUT2D eigenvalue weighted by molar-refractivity contribution is 7.92. The molecule has 0 aromatic heterocycles. The van der Waals surface area contributed by atoms with Gasteiger partial charge >= 0.3 is 0 Å². The van der Waals surface area contributed by atoms with Crippen LogP contribution in [-0.4, -0.2) is 50.0 Å². The van der Waals surface area contributed by atoms with Crippen LogP contribution in [0.3, 0.4) is 0 Å². The zero-order valence-electron chi connectivity index (χ0n) is 14.9. The molecule has 2 fully saturated rings. The van der Waals surface area contributed by atoms with Gasteiger partial charge in [0.25, 0.3) is 5.91 Å². The van der Waals surface area contributed by atoms with Crippen LogP contribution in [0.25, 0.3) is 0 Å². The zero-order chi connectivity index (χ0) is 18.7. The SMILES string of the molecule is CCS(=O)(=O)Nc1cccc(C(=O)NC2CCN(C(=O)C3CC3)CC2)c1. The monoisotopic (exact) mass is 379 g/mol. The summed E-state index contributed by atoms with van der Waals surface area (Å²) >= 11 is 0. The molecule has 0 atom stereocenters. The average Bonchev–Trinajstić information content (AvgIpc) is 3.47. The number of nitrogens with zero attached hydrogens (tertiary/aromatic N) is 1. The van der Waals surface area contributed by atoms with Crippen LogP contribution in [-0.2, 0) is 14.8 Å². The molecule has 0 unspecified atom stereocenters. The number of hydrogen-bond donors (Lipinski definition) is 2. The number of amides is 2. The van der Waals surface area contributed by atoms with Gasteiger partial charge in [0.05, 0.1) is 5.75 Å². The van der Waals surface area contributed by atoms with Gasteiger partial charge in [0.2, 0.25) is 15.9 Å². The Morgan fingerprint density at radius 3 is 2.46 bits per heavy atom. The van der Waals surface area contributed by atoms with E-state index in [-0.39, 0.29) is 29.5 Å². The maximum absolute atomic E-state index is 12.5. The summed E-state index contributed by atoms with van der Waals surface area (Å²) in [5.41, 5.74) is 0.794. The molecule has 1 saturated heterocycles. The zero-order valence-corrected chi connectivity index (χ0v) is 15.7. The second-order valence-corrected chi connectivity index (χ2v) is 8.94. The molecule has 142 valence electrons. The van der Waals surface area contributed by atoms with E-state index in [9.17, 15) is 18.0 Å². The van der Waals surface area contributed by atoms with Gasteiger partial charge in [-0.2, -0.15) is 0 Å². The predicted octanol–water partition coefficient (Wildman–Crippen LogP) is 1.58. The Labute approximate surface area is 154 Å². The number of nitrogens with one attached hydrogen (secondary N) is 2. The largest absolute Gasteiger partial charge is 0.349 e. The Bertz CT molecular complexity index is 781. The molecular formula is C18H25N3O4S. The summed E-state index contributed by atoms with van der Waals surface area (Å²) < 4.78 is 25.8. The Hall–Kier alpha value is -2.09. The van der Waals surface area contributed by atoms with Crippen molar-refractivity contribution in [3.8, 4) is 0 Å². The van der Waals surface area contributed by atoms with Gasteiger partial charge in [0, 0.05) is 36.3 Å². The number of benzene rings is 1. The molecule has 0 spiro atoms. The Kier molecular flexibility index (Phi) is 5.50. The minimum atomic E-state index is -3.38. The van der Waals surface area contributed by atoms with Gasteiger partial charge < -0.3 is 10.2 Å². The molecule has 1 aliphatic carbocycles. The van der Waals surface area contributed by atoms with Gasteiger partial charge in [0.1, 0.15) is 0 Å². The molecule has 1 aliphatic heterocycles. The van der Waals surface area contributed by atoms with Crippen molar-refractivity contribution in [3.05, 3.63) is 29.8 Å². The van der Waals surface area contributed by atoms with Crippen LogP contribution in [0.4, 0.5) is 5.69 Å². The first kappa shape index (κ1) is 18.7. The average molecular weight is 379 g/mol. The van der Waals surface area contributed by atoms with Crippen molar-refractivity contribution in [2.75, 3.05) is 23.6 Å². The molecule has 2 aliphatic rings. The Morgan fingerprint density at radius 1 is 1.15 bits per heavy atom. The lowest BCUT2D eigenvalue weighted by Crippen LogP contribution is -2.47.